The quantitative estimate of drug-likeness (QED) is 0.460. The van der Waals surface area contributed by atoms with Crippen LogP contribution in [0, 0.1) is 0 Å². The lowest BCUT2D eigenvalue weighted by Gasteiger charge is -2.39. The molecule has 0 aliphatic carbocycles. The molecule has 0 saturated carbocycles. The topological polar surface area (TPSA) is 96.4 Å². The van der Waals surface area contributed by atoms with Crippen molar-refractivity contribution in [2.24, 2.45) is 0 Å². The molecule has 1 aliphatic heterocycles. The van der Waals surface area contributed by atoms with E-state index in [2.05, 4.69) is 10.3 Å². The highest BCUT2D eigenvalue weighted by atomic mass is 32.2. The average molecular weight is 492 g/mol. The lowest BCUT2D eigenvalue weighted by molar-refractivity contribution is -0.119. The van der Waals surface area contributed by atoms with Crippen LogP contribution in [0.25, 0.3) is 10.2 Å². The third kappa shape index (κ3) is 3.86. The number of carbonyl (C=O) groups is 2. The minimum absolute atomic E-state index is 0.137. The normalized spacial score (nSPS) is 18.1. The Morgan fingerprint density at radius 2 is 1.74 bits per heavy atom. The van der Waals surface area contributed by atoms with Gasteiger partial charge in [-0.05, 0) is 35.4 Å². The van der Waals surface area contributed by atoms with E-state index in [1.807, 2.05) is 42.5 Å². The molecule has 2 unspecified atom stereocenters. The van der Waals surface area contributed by atoms with Crippen molar-refractivity contribution in [2.75, 3.05) is 18.6 Å². The van der Waals surface area contributed by atoms with E-state index in [4.69, 9.17) is 0 Å². The van der Waals surface area contributed by atoms with Crippen LogP contribution in [0.2, 0.25) is 0 Å². The fourth-order valence-corrected chi connectivity index (χ4v) is 6.03. The molecule has 0 spiro atoms. The van der Waals surface area contributed by atoms with Crippen LogP contribution in [0.3, 0.4) is 0 Å². The highest BCUT2D eigenvalue weighted by Crippen LogP contribution is 2.42. The van der Waals surface area contributed by atoms with Crippen molar-refractivity contribution < 1.29 is 18.0 Å². The minimum Gasteiger partial charge on any atom is -0.334 e. The Bertz CT molecular complexity index is 1530. The number of rotatable bonds is 4. The number of thiazole rings is 1. The maximum absolute atomic E-state index is 13.7. The maximum atomic E-state index is 13.7. The number of benzene rings is 3. The Balaban J connectivity index is 1.55. The summed E-state index contributed by atoms with van der Waals surface area (Å²) >= 11 is 1.21. The van der Waals surface area contributed by atoms with Gasteiger partial charge in [-0.1, -0.05) is 59.9 Å². The molecule has 9 heteroatoms. The molecule has 1 aromatic heterocycles. The second-order valence-electron chi connectivity index (χ2n) is 8.25. The number of carbonyl (C=O) groups excluding carboxylic acids is 2. The van der Waals surface area contributed by atoms with E-state index in [1.54, 1.807) is 36.2 Å². The summed E-state index contributed by atoms with van der Waals surface area (Å²) in [5.74, 6) is -1.08. The molecule has 0 saturated heterocycles. The third-order valence-corrected chi connectivity index (χ3v) is 8.07. The Hall–Kier alpha value is -3.56. The van der Waals surface area contributed by atoms with Crippen LogP contribution in [-0.4, -0.2) is 43.4 Å². The molecule has 2 atom stereocenters. The minimum atomic E-state index is -3.35. The average Bonchev–Trinajstić information content (AvgIpc) is 3.22. The van der Waals surface area contributed by atoms with Gasteiger partial charge in [0.1, 0.15) is 0 Å². The number of nitrogens with one attached hydrogen (secondary N) is 1. The first-order chi connectivity index (χ1) is 16.2. The summed E-state index contributed by atoms with van der Waals surface area (Å²) in [5.41, 5.74) is 2.62. The molecular formula is C25H21N3O4S2. The smallest absolute Gasteiger partial charge is 0.254 e. The van der Waals surface area contributed by atoms with Gasteiger partial charge in [0.05, 0.1) is 27.1 Å². The molecule has 2 heterocycles. The zero-order chi connectivity index (χ0) is 24.0. The van der Waals surface area contributed by atoms with Crippen LogP contribution < -0.4 is 5.32 Å². The molecule has 2 amide bonds. The fourth-order valence-electron chi connectivity index (χ4n) is 4.40. The maximum Gasteiger partial charge on any atom is 0.254 e. The number of likely N-dealkylation sites (N-methyl/N-ethyl adjacent to an activating group) is 1. The molecule has 1 N–H and O–H groups in total. The zero-order valence-corrected chi connectivity index (χ0v) is 20.1. The first kappa shape index (κ1) is 22.2. The summed E-state index contributed by atoms with van der Waals surface area (Å²) in [7, 11) is -1.64. The summed E-state index contributed by atoms with van der Waals surface area (Å²) in [6.45, 7) is 0. The van der Waals surface area contributed by atoms with Crippen LogP contribution in [0.5, 0.6) is 0 Å². The fraction of sp³-hybridized carbons (Fsp3) is 0.160. The van der Waals surface area contributed by atoms with Crippen LogP contribution in [-0.2, 0) is 14.6 Å². The van der Waals surface area contributed by atoms with Gasteiger partial charge in [-0.2, -0.15) is 0 Å². The van der Waals surface area contributed by atoms with Gasteiger partial charge in [0.25, 0.3) is 5.91 Å². The standard InChI is InChI=1S/C25H21N3O4S2/c1-28-22(15-8-4-3-5-9-15)21(17-10-6-7-11-18(17)24(28)30)23(29)27-25-26-19-13-12-16(34(2,31)32)14-20(19)33-25/h3-14,21-22H,1-2H3,(H,26,27,29). The molecule has 34 heavy (non-hydrogen) atoms. The second kappa shape index (κ2) is 8.34. The van der Waals surface area contributed by atoms with Gasteiger partial charge in [0.15, 0.2) is 15.0 Å². The molecule has 0 bridgehead atoms. The molecule has 172 valence electrons. The number of nitrogens with zero attached hydrogens (tertiary/aromatic N) is 2. The highest BCUT2D eigenvalue weighted by molar-refractivity contribution is 7.90. The van der Waals surface area contributed by atoms with Crippen LogP contribution in [0.15, 0.2) is 77.7 Å². The molecule has 5 rings (SSSR count). The van der Waals surface area contributed by atoms with E-state index in [9.17, 15) is 18.0 Å². The number of aromatic nitrogens is 1. The van der Waals surface area contributed by atoms with E-state index < -0.39 is 21.8 Å². The van der Waals surface area contributed by atoms with Gasteiger partial charge in [0, 0.05) is 18.9 Å². The van der Waals surface area contributed by atoms with Crippen molar-refractivity contribution >= 4 is 48.3 Å². The number of sulfone groups is 1. The Morgan fingerprint density at radius 1 is 1.03 bits per heavy atom. The lowest BCUT2D eigenvalue weighted by atomic mass is 9.79. The van der Waals surface area contributed by atoms with E-state index in [0.29, 0.717) is 26.5 Å². The van der Waals surface area contributed by atoms with Crippen LogP contribution in [0.1, 0.15) is 33.4 Å². The first-order valence-corrected chi connectivity index (χ1v) is 13.3. The largest absolute Gasteiger partial charge is 0.334 e. The van der Waals surface area contributed by atoms with Gasteiger partial charge < -0.3 is 10.2 Å². The van der Waals surface area contributed by atoms with Crippen molar-refractivity contribution in [3.63, 3.8) is 0 Å². The summed E-state index contributed by atoms with van der Waals surface area (Å²) in [6.07, 6.45) is 1.15. The van der Waals surface area contributed by atoms with Crippen LogP contribution >= 0.6 is 11.3 Å². The molecule has 1 aliphatic rings. The molecule has 4 aromatic rings. The summed E-state index contributed by atoms with van der Waals surface area (Å²) in [6, 6.07) is 20.9. The SMILES string of the molecule is CN1C(=O)c2ccccc2C(C(=O)Nc2nc3ccc(S(C)(=O)=O)cc3s2)C1c1ccccc1. The molecule has 3 aromatic carbocycles. The highest BCUT2D eigenvalue weighted by Gasteiger charge is 2.42. The predicted octanol–water partition coefficient (Wildman–Crippen LogP) is 4.25. The summed E-state index contributed by atoms with van der Waals surface area (Å²) in [5, 5.41) is 3.29. The monoisotopic (exact) mass is 491 g/mol. The number of amides is 2. The lowest BCUT2D eigenvalue weighted by Crippen LogP contribution is -2.44. The molecule has 0 radical (unpaired) electrons. The van der Waals surface area contributed by atoms with Gasteiger partial charge in [-0.3, -0.25) is 9.59 Å². The van der Waals surface area contributed by atoms with E-state index in [0.717, 1.165) is 11.8 Å². The van der Waals surface area contributed by atoms with Crippen molar-refractivity contribution in [2.45, 2.75) is 16.9 Å². The van der Waals surface area contributed by atoms with Crippen LogP contribution in [0.4, 0.5) is 5.13 Å². The van der Waals surface area contributed by atoms with Crippen molar-refractivity contribution in [1.82, 2.24) is 9.88 Å². The first-order valence-electron chi connectivity index (χ1n) is 10.6. The second-order valence-corrected chi connectivity index (χ2v) is 11.3. The van der Waals surface area contributed by atoms with E-state index in [-0.39, 0.29) is 16.7 Å². The van der Waals surface area contributed by atoms with Gasteiger partial charge >= 0.3 is 0 Å². The molecule has 7 nitrogen and oxygen atoms in total. The summed E-state index contributed by atoms with van der Waals surface area (Å²) < 4.78 is 24.5. The van der Waals surface area contributed by atoms with E-state index >= 15 is 0 Å². The van der Waals surface area contributed by atoms with Crippen molar-refractivity contribution in [3.8, 4) is 0 Å². The number of hydrogen-bond donors (Lipinski definition) is 1. The molecule has 0 fully saturated rings. The predicted molar refractivity (Wildman–Crippen MR) is 132 cm³/mol. The third-order valence-electron chi connectivity index (χ3n) is 6.02. The Labute approximate surface area is 201 Å². The van der Waals surface area contributed by atoms with Gasteiger partial charge in [-0.15, -0.1) is 0 Å². The summed E-state index contributed by atoms with van der Waals surface area (Å²) in [4.78, 5) is 33.1. The molecular weight excluding hydrogens is 470 g/mol. The number of hydrogen-bond acceptors (Lipinski definition) is 6. The zero-order valence-electron chi connectivity index (χ0n) is 18.4. The van der Waals surface area contributed by atoms with Crippen molar-refractivity contribution in [3.05, 3.63) is 89.5 Å². The number of anilines is 1. The Kier molecular flexibility index (Phi) is 5.45. The van der Waals surface area contributed by atoms with Crippen molar-refractivity contribution in [1.29, 1.82) is 0 Å². The van der Waals surface area contributed by atoms with Gasteiger partial charge in [-0.25, -0.2) is 13.4 Å². The Morgan fingerprint density at radius 3 is 2.47 bits per heavy atom. The van der Waals surface area contributed by atoms with Gasteiger partial charge in [0.2, 0.25) is 5.91 Å². The number of fused-ring (bicyclic) bond motifs is 2. The van der Waals surface area contributed by atoms with E-state index in [1.165, 1.54) is 17.4 Å².